The van der Waals surface area contributed by atoms with Gasteiger partial charge in [0.1, 0.15) is 11.9 Å². The fourth-order valence-corrected chi connectivity index (χ4v) is 5.60. The Hall–Kier alpha value is -4.59. The number of urea groups is 1. The second kappa shape index (κ2) is 12.3. The van der Waals surface area contributed by atoms with Crippen LogP contribution in [-0.2, 0) is 14.2 Å². The Morgan fingerprint density at radius 3 is 2.14 bits per heavy atom. The molecule has 2 atom stereocenters. The third-order valence-electron chi connectivity index (χ3n) is 7.63. The molecule has 0 saturated carbocycles. The molecule has 2 amide bonds. The monoisotopic (exact) mass is 587 g/mol. The number of benzene rings is 2. The van der Waals surface area contributed by atoms with Gasteiger partial charge in [-0.25, -0.2) is 24.2 Å². The molecule has 2 unspecified atom stereocenters. The van der Waals surface area contributed by atoms with Gasteiger partial charge in [-0.05, 0) is 61.4 Å². The van der Waals surface area contributed by atoms with Crippen LogP contribution in [0.15, 0.2) is 54.7 Å². The lowest BCUT2D eigenvalue weighted by Crippen LogP contribution is -2.43. The maximum atomic E-state index is 12.5. The van der Waals surface area contributed by atoms with Crippen LogP contribution in [0.4, 0.5) is 22.0 Å². The lowest BCUT2D eigenvalue weighted by Gasteiger charge is -2.33. The summed E-state index contributed by atoms with van der Waals surface area (Å²) in [6.07, 6.45) is 4.26. The molecule has 2 bridgehead atoms. The van der Waals surface area contributed by atoms with Crippen molar-refractivity contribution in [2.24, 2.45) is 0 Å². The van der Waals surface area contributed by atoms with E-state index in [1.165, 1.54) is 24.3 Å². The van der Waals surface area contributed by atoms with Crippen LogP contribution in [0.2, 0.25) is 0 Å². The highest BCUT2D eigenvalue weighted by molar-refractivity contribution is 6.00. The van der Waals surface area contributed by atoms with E-state index in [9.17, 15) is 9.59 Å². The molecule has 13 heteroatoms. The molecule has 0 radical (unpaired) electrons. The van der Waals surface area contributed by atoms with E-state index in [0.29, 0.717) is 36.1 Å². The molecule has 0 aliphatic carbocycles. The molecule has 13 nitrogen and oxygen atoms in total. The Bertz CT molecular complexity index is 1590. The van der Waals surface area contributed by atoms with Crippen LogP contribution in [0.1, 0.15) is 29.2 Å². The van der Waals surface area contributed by atoms with Gasteiger partial charge in [-0.2, -0.15) is 5.10 Å². The molecular formula is C30H33N7O6. The van der Waals surface area contributed by atoms with E-state index in [1.807, 2.05) is 23.0 Å². The molecule has 2 aliphatic heterocycles. The van der Waals surface area contributed by atoms with Crippen molar-refractivity contribution in [1.29, 1.82) is 0 Å². The predicted molar refractivity (Wildman–Crippen MR) is 160 cm³/mol. The molecule has 6 rings (SSSR count). The van der Waals surface area contributed by atoms with Gasteiger partial charge in [0, 0.05) is 44.2 Å². The van der Waals surface area contributed by atoms with Crippen LogP contribution in [0.3, 0.4) is 0 Å². The number of methoxy groups -OCH3 is 2. The smallest absolute Gasteiger partial charge is 0.335 e. The number of fused-ring (bicyclic) bond motifs is 3. The van der Waals surface area contributed by atoms with Gasteiger partial charge in [-0.3, -0.25) is 0 Å². The van der Waals surface area contributed by atoms with Crippen LogP contribution in [0, 0.1) is 0 Å². The number of aromatic carboxylic acids is 1. The largest absolute Gasteiger partial charge is 0.478 e. The number of ether oxygens (including phenoxy) is 3. The molecule has 4 heterocycles. The molecule has 2 aromatic carbocycles. The Balaban J connectivity index is 1.27. The lowest BCUT2D eigenvalue weighted by atomic mass is 10.2. The van der Waals surface area contributed by atoms with Crippen molar-refractivity contribution in [3.05, 3.63) is 60.3 Å². The van der Waals surface area contributed by atoms with Crippen molar-refractivity contribution in [2.45, 2.75) is 31.1 Å². The van der Waals surface area contributed by atoms with Crippen molar-refractivity contribution in [3.8, 4) is 11.4 Å². The highest BCUT2D eigenvalue weighted by Gasteiger charge is 2.35. The summed E-state index contributed by atoms with van der Waals surface area (Å²) in [5.41, 5.74) is 2.65. The minimum absolute atomic E-state index is 0.141. The summed E-state index contributed by atoms with van der Waals surface area (Å²) in [6, 6.07) is 12.6. The van der Waals surface area contributed by atoms with E-state index >= 15 is 0 Å². The van der Waals surface area contributed by atoms with Crippen LogP contribution in [-0.4, -0.2) is 89.6 Å². The van der Waals surface area contributed by atoms with Gasteiger partial charge >= 0.3 is 12.0 Å². The van der Waals surface area contributed by atoms with E-state index in [0.717, 1.165) is 42.7 Å². The van der Waals surface area contributed by atoms with Gasteiger partial charge < -0.3 is 34.9 Å². The standard InChI is InChI=1S/C30H33N7O6/c1-41-16-22(17-42-2)37-28-25(13-31-37)27(36-14-23-11-12-24(15-36)43-23)34-26(35-28)18-3-7-20(8-4-18)32-30(40)33-21-9-5-19(6-10-21)29(38)39/h3-10,13,22-24H,11-12,14-17H2,1-2H3,(H,38,39)(H2,32,33,40). The first-order chi connectivity index (χ1) is 20.9. The molecule has 2 aromatic heterocycles. The van der Waals surface area contributed by atoms with Crippen molar-refractivity contribution < 1.29 is 28.9 Å². The van der Waals surface area contributed by atoms with Gasteiger partial charge in [0.2, 0.25) is 0 Å². The van der Waals surface area contributed by atoms with E-state index in [1.54, 1.807) is 26.4 Å². The number of morpholine rings is 1. The summed E-state index contributed by atoms with van der Waals surface area (Å²) in [6.45, 7) is 2.33. The van der Waals surface area contributed by atoms with Crippen LogP contribution in [0.5, 0.6) is 0 Å². The van der Waals surface area contributed by atoms with Gasteiger partial charge in [0.25, 0.3) is 0 Å². The predicted octanol–water partition coefficient (Wildman–Crippen LogP) is 4.04. The van der Waals surface area contributed by atoms with Crippen molar-refractivity contribution in [2.75, 3.05) is 56.1 Å². The summed E-state index contributed by atoms with van der Waals surface area (Å²) < 4.78 is 18.8. The van der Waals surface area contributed by atoms with E-state index in [2.05, 4.69) is 20.6 Å². The molecule has 0 spiro atoms. The highest BCUT2D eigenvalue weighted by atomic mass is 16.5. The number of carboxylic acid groups (broad SMARTS) is 1. The average Bonchev–Trinajstić information content (AvgIpc) is 3.59. The maximum Gasteiger partial charge on any atom is 0.335 e. The first-order valence-electron chi connectivity index (χ1n) is 14.1. The van der Waals surface area contributed by atoms with Crippen LogP contribution >= 0.6 is 0 Å². The molecule has 4 aromatic rings. The zero-order valence-electron chi connectivity index (χ0n) is 23.9. The Morgan fingerprint density at radius 2 is 1.56 bits per heavy atom. The van der Waals surface area contributed by atoms with E-state index in [-0.39, 0.29) is 23.8 Å². The number of hydrogen-bond acceptors (Lipinski definition) is 9. The number of hydrogen-bond donors (Lipinski definition) is 3. The summed E-state index contributed by atoms with van der Waals surface area (Å²) in [4.78, 5) is 35.8. The van der Waals surface area contributed by atoms with Gasteiger partial charge in [-0.15, -0.1) is 0 Å². The van der Waals surface area contributed by atoms with Gasteiger partial charge in [0.05, 0.1) is 42.6 Å². The number of carbonyl (C=O) groups is 2. The highest BCUT2D eigenvalue weighted by Crippen LogP contribution is 2.34. The molecule has 2 saturated heterocycles. The van der Waals surface area contributed by atoms with E-state index < -0.39 is 12.0 Å². The fourth-order valence-electron chi connectivity index (χ4n) is 5.60. The summed E-state index contributed by atoms with van der Waals surface area (Å²) >= 11 is 0. The quantitative estimate of drug-likeness (QED) is 0.248. The number of aromatic nitrogens is 4. The SMILES string of the molecule is COCC(COC)n1ncc2c(N3CC4CCC(C3)O4)nc(-c3ccc(NC(=O)Nc4ccc(C(=O)O)cc4)cc3)nc21. The summed E-state index contributed by atoms with van der Waals surface area (Å²) in [5, 5.41) is 20.1. The maximum absolute atomic E-state index is 12.5. The van der Waals surface area contributed by atoms with Crippen LogP contribution in [0.25, 0.3) is 22.4 Å². The molecule has 43 heavy (non-hydrogen) atoms. The van der Waals surface area contributed by atoms with Crippen molar-refractivity contribution in [3.63, 3.8) is 0 Å². The Kier molecular flexibility index (Phi) is 8.18. The molecule has 2 aliphatic rings. The normalized spacial score (nSPS) is 17.9. The summed E-state index contributed by atoms with van der Waals surface area (Å²) in [7, 11) is 3.29. The molecule has 224 valence electrons. The number of nitrogens with zero attached hydrogens (tertiary/aromatic N) is 5. The topological polar surface area (TPSA) is 153 Å². The number of carboxylic acids is 1. The zero-order valence-corrected chi connectivity index (χ0v) is 23.9. The third-order valence-corrected chi connectivity index (χ3v) is 7.63. The molecular weight excluding hydrogens is 554 g/mol. The Morgan fingerprint density at radius 1 is 0.953 bits per heavy atom. The number of rotatable bonds is 10. The number of carbonyl (C=O) groups excluding carboxylic acids is 1. The van der Waals surface area contributed by atoms with E-state index in [4.69, 9.17) is 29.3 Å². The number of nitrogens with one attached hydrogen (secondary N) is 2. The minimum Gasteiger partial charge on any atom is -0.478 e. The first kappa shape index (κ1) is 28.5. The lowest BCUT2D eigenvalue weighted by molar-refractivity contribution is 0.0303. The molecule has 2 fully saturated rings. The van der Waals surface area contributed by atoms with Gasteiger partial charge in [-0.1, -0.05) is 0 Å². The third kappa shape index (κ3) is 6.14. The zero-order chi connectivity index (χ0) is 29.9. The minimum atomic E-state index is -1.03. The first-order valence-corrected chi connectivity index (χ1v) is 14.1. The van der Waals surface area contributed by atoms with Gasteiger partial charge in [0.15, 0.2) is 11.5 Å². The van der Waals surface area contributed by atoms with Crippen molar-refractivity contribution in [1.82, 2.24) is 19.7 Å². The number of amides is 2. The fraction of sp³-hybridized carbons (Fsp3) is 0.367. The second-order valence-corrected chi connectivity index (χ2v) is 10.7. The average molecular weight is 588 g/mol. The number of anilines is 3. The van der Waals surface area contributed by atoms with Crippen molar-refractivity contribution >= 4 is 40.2 Å². The second-order valence-electron chi connectivity index (χ2n) is 10.7. The molecule has 3 N–H and O–H groups in total. The summed E-state index contributed by atoms with van der Waals surface area (Å²) in [5.74, 6) is 0.319. The van der Waals surface area contributed by atoms with Crippen LogP contribution < -0.4 is 15.5 Å². The Labute approximate surface area is 247 Å².